The predicted molar refractivity (Wildman–Crippen MR) is 102 cm³/mol. The summed E-state index contributed by atoms with van der Waals surface area (Å²) in [6.07, 6.45) is 3.36. The maximum Gasteiger partial charge on any atom is 0.253 e. The summed E-state index contributed by atoms with van der Waals surface area (Å²) in [5, 5.41) is 3.21. The lowest BCUT2D eigenvalue weighted by Gasteiger charge is -2.36. The maximum atomic E-state index is 13.2. The Kier molecular flexibility index (Phi) is 5.74. The van der Waals surface area contributed by atoms with Gasteiger partial charge in [0.25, 0.3) is 5.91 Å². The van der Waals surface area contributed by atoms with E-state index < -0.39 is 0 Å². The molecule has 2 saturated heterocycles. The van der Waals surface area contributed by atoms with E-state index in [2.05, 4.69) is 22.3 Å². The number of likely N-dealkylation sites (tertiary alicyclic amines) is 1. The average molecular weight is 371 g/mol. The smallest absolute Gasteiger partial charge is 0.253 e. The first-order chi connectivity index (χ1) is 13.2. The number of nitrogens with one attached hydrogen (secondary N) is 1. The number of ether oxygens (including phenoxy) is 1. The summed E-state index contributed by atoms with van der Waals surface area (Å²) in [5.74, 6) is 0.365. The Morgan fingerprint density at radius 2 is 1.85 bits per heavy atom. The van der Waals surface area contributed by atoms with Gasteiger partial charge in [-0.25, -0.2) is 0 Å². The fourth-order valence-electron chi connectivity index (χ4n) is 4.06. The molecule has 0 spiro atoms. The second-order valence-corrected chi connectivity index (χ2v) is 7.85. The van der Waals surface area contributed by atoms with Gasteiger partial charge in [0.05, 0.1) is 6.61 Å². The second kappa shape index (κ2) is 8.40. The fraction of sp³-hybridized carbons (Fsp3) is 0.619. The third-order valence-corrected chi connectivity index (χ3v) is 5.83. The van der Waals surface area contributed by atoms with E-state index in [4.69, 9.17) is 4.74 Å². The number of nitrogens with zero attached hydrogens (tertiary/aromatic N) is 2. The zero-order chi connectivity index (χ0) is 18.6. The molecule has 27 heavy (non-hydrogen) atoms. The summed E-state index contributed by atoms with van der Waals surface area (Å²) in [5.41, 5.74) is 1.19. The molecule has 3 aliphatic rings. The minimum Gasteiger partial charge on any atom is -0.366 e. The minimum atomic E-state index is -0.368. The third-order valence-electron chi connectivity index (χ3n) is 5.83. The Balaban J connectivity index is 1.32. The highest BCUT2D eigenvalue weighted by Gasteiger charge is 2.38. The van der Waals surface area contributed by atoms with Gasteiger partial charge in [-0.05, 0) is 31.2 Å². The molecule has 4 rings (SSSR count). The van der Waals surface area contributed by atoms with E-state index in [1.54, 1.807) is 0 Å². The molecular formula is C21H29N3O3. The first kappa shape index (κ1) is 18.4. The van der Waals surface area contributed by atoms with E-state index >= 15 is 0 Å². The molecule has 1 N–H and O–H groups in total. The first-order valence-corrected chi connectivity index (χ1v) is 10.2. The molecule has 1 aliphatic carbocycles. The van der Waals surface area contributed by atoms with E-state index in [1.807, 2.05) is 23.1 Å². The standard InChI is InChI=1S/C21H29N3O3/c25-20(24(18-6-7-18)15-16-4-2-1-3-5-16)17-8-11-23(12-9-17)21(26)19-14-22-10-13-27-19/h1-5,17-19,22H,6-15H2. The van der Waals surface area contributed by atoms with Gasteiger partial charge in [-0.15, -0.1) is 0 Å². The van der Waals surface area contributed by atoms with E-state index in [9.17, 15) is 9.59 Å². The minimum absolute atomic E-state index is 0.0313. The van der Waals surface area contributed by atoms with Crippen molar-refractivity contribution in [3.05, 3.63) is 35.9 Å². The molecule has 1 unspecified atom stereocenters. The van der Waals surface area contributed by atoms with Gasteiger partial charge in [0, 0.05) is 44.7 Å². The Labute approximate surface area is 160 Å². The molecule has 2 aliphatic heterocycles. The van der Waals surface area contributed by atoms with Crippen molar-refractivity contribution in [3.63, 3.8) is 0 Å². The highest BCUT2D eigenvalue weighted by molar-refractivity contribution is 5.83. The summed E-state index contributed by atoms with van der Waals surface area (Å²) in [6.45, 7) is 3.98. The normalized spacial score (nSPS) is 23.9. The van der Waals surface area contributed by atoms with E-state index in [-0.39, 0.29) is 23.8 Å². The quantitative estimate of drug-likeness (QED) is 0.850. The number of carbonyl (C=O) groups is 2. The molecule has 0 aromatic heterocycles. The number of morpholine rings is 1. The van der Waals surface area contributed by atoms with Crippen molar-refractivity contribution in [2.24, 2.45) is 5.92 Å². The van der Waals surface area contributed by atoms with Crippen LogP contribution in [0.1, 0.15) is 31.2 Å². The number of hydrogen-bond donors (Lipinski definition) is 1. The van der Waals surface area contributed by atoms with Gasteiger partial charge < -0.3 is 19.9 Å². The topological polar surface area (TPSA) is 61.9 Å². The molecule has 2 amide bonds. The number of hydrogen-bond acceptors (Lipinski definition) is 4. The van der Waals surface area contributed by atoms with E-state index in [1.165, 1.54) is 5.56 Å². The number of amides is 2. The SMILES string of the molecule is O=C(C1CNCCO1)N1CCC(C(=O)N(Cc2ccccc2)C2CC2)CC1. The van der Waals surface area contributed by atoms with Crippen LogP contribution in [0.5, 0.6) is 0 Å². The molecule has 0 radical (unpaired) electrons. The summed E-state index contributed by atoms with van der Waals surface area (Å²) in [7, 11) is 0. The van der Waals surface area contributed by atoms with E-state index in [0.29, 0.717) is 38.8 Å². The summed E-state index contributed by atoms with van der Waals surface area (Å²) in [6, 6.07) is 10.6. The van der Waals surface area contributed by atoms with Crippen molar-refractivity contribution in [1.82, 2.24) is 15.1 Å². The Bertz CT molecular complexity index is 648. The van der Waals surface area contributed by atoms with E-state index in [0.717, 1.165) is 32.2 Å². The summed E-state index contributed by atoms with van der Waals surface area (Å²) in [4.78, 5) is 29.7. The lowest BCUT2D eigenvalue weighted by molar-refractivity contribution is -0.149. The Morgan fingerprint density at radius 3 is 2.48 bits per heavy atom. The monoisotopic (exact) mass is 371 g/mol. The number of piperidine rings is 1. The van der Waals surface area contributed by atoms with Crippen LogP contribution in [-0.2, 0) is 20.9 Å². The van der Waals surface area contributed by atoms with Gasteiger partial charge in [0.2, 0.25) is 5.91 Å². The van der Waals surface area contributed by atoms with Crippen LogP contribution in [0.25, 0.3) is 0 Å². The highest BCUT2D eigenvalue weighted by Crippen LogP contribution is 2.32. The van der Waals surface area contributed by atoms with Crippen molar-refractivity contribution in [3.8, 4) is 0 Å². The second-order valence-electron chi connectivity index (χ2n) is 7.85. The molecule has 146 valence electrons. The molecular weight excluding hydrogens is 342 g/mol. The van der Waals surface area contributed by atoms with Crippen LogP contribution >= 0.6 is 0 Å². The third kappa shape index (κ3) is 4.50. The van der Waals surface area contributed by atoms with Crippen LogP contribution < -0.4 is 5.32 Å². The maximum absolute atomic E-state index is 13.2. The predicted octanol–water partition coefficient (Wildman–Crippen LogP) is 1.40. The fourth-order valence-corrected chi connectivity index (χ4v) is 4.06. The summed E-state index contributed by atoms with van der Waals surface area (Å²) < 4.78 is 5.58. The molecule has 1 atom stereocenters. The lowest BCUT2D eigenvalue weighted by atomic mass is 9.94. The molecule has 1 saturated carbocycles. The number of carbonyl (C=O) groups excluding carboxylic acids is 2. The number of rotatable bonds is 5. The Hall–Kier alpha value is -1.92. The van der Waals surface area contributed by atoms with Crippen LogP contribution in [0.2, 0.25) is 0 Å². The van der Waals surface area contributed by atoms with Crippen molar-refractivity contribution < 1.29 is 14.3 Å². The largest absolute Gasteiger partial charge is 0.366 e. The molecule has 1 aromatic rings. The highest BCUT2D eigenvalue weighted by atomic mass is 16.5. The van der Waals surface area contributed by atoms with Crippen LogP contribution in [0, 0.1) is 5.92 Å². The van der Waals surface area contributed by atoms with Gasteiger partial charge in [-0.1, -0.05) is 30.3 Å². The molecule has 2 heterocycles. The first-order valence-electron chi connectivity index (χ1n) is 10.2. The Morgan fingerprint density at radius 1 is 1.11 bits per heavy atom. The van der Waals surface area contributed by atoms with Crippen LogP contribution in [-0.4, -0.2) is 66.5 Å². The van der Waals surface area contributed by atoms with Gasteiger partial charge in [0.1, 0.15) is 6.10 Å². The number of benzene rings is 1. The van der Waals surface area contributed by atoms with Crippen molar-refractivity contribution in [2.75, 3.05) is 32.8 Å². The van der Waals surface area contributed by atoms with Crippen molar-refractivity contribution in [1.29, 1.82) is 0 Å². The lowest BCUT2D eigenvalue weighted by Crippen LogP contribution is -2.52. The van der Waals surface area contributed by atoms with Gasteiger partial charge in [0.15, 0.2) is 0 Å². The van der Waals surface area contributed by atoms with Gasteiger partial charge >= 0.3 is 0 Å². The molecule has 6 nitrogen and oxygen atoms in total. The van der Waals surface area contributed by atoms with Gasteiger partial charge in [-0.3, -0.25) is 9.59 Å². The molecule has 0 bridgehead atoms. The molecule has 3 fully saturated rings. The van der Waals surface area contributed by atoms with Gasteiger partial charge in [-0.2, -0.15) is 0 Å². The van der Waals surface area contributed by atoms with Crippen molar-refractivity contribution >= 4 is 11.8 Å². The van der Waals surface area contributed by atoms with Crippen molar-refractivity contribution in [2.45, 2.75) is 44.4 Å². The van der Waals surface area contributed by atoms with Crippen LogP contribution in [0.15, 0.2) is 30.3 Å². The molecule has 1 aromatic carbocycles. The molecule has 6 heteroatoms. The zero-order valence-electron chi connectivity index (χ0n) is 15.8. The summed E-state index contributed by atoms with van der Waals surface area (Å²) >= 11 is 0. The van der Waals surface area contributed by atoms with Crippen LogP contribution in [0.3, 0.4) is 0 Å². The van der Waals surface area contributed by atoms with Crippen LogP contribution in [0.4, 0.5) is 0 Å². The average Bonchev–Trinajstić information content (AvgIpc) is 3.58. The zero-order valence-corrected chi connectivity index (χ0v) is 15.8.